The second-order valence-corrected chi connectivity index (χ2v) is 10.8. The first-order valence-electron chi connectivity index (χ1n) is 11.7. The van der Waals surface area contributed by atoms with Gasteiger partial charge < -0.3 is 4.57 Å². The van der Waals surface area contributed by atoms with Crippen LogP contribution < -0.4 is 0 Å². The third-order valence-electron chi connectivity index (χ3n) is 9.73. The topological polar surface area (TPSA) is 34.9 Å². The van der Waals surface area contributed by atoms with Gasteiger partial charge >= 0.3 is 0 Å². The number of Topliss-reactive ketones (excluding diaryl/α,β-unsaturated/α-hetero) is 1. The van der Waals surface area contributed by atoms with Crippen LogP contribution in [0.2, 0.25) is 0 Å². The third kappa shape index (κ3) is 2.36. The molecule has 0 radical (unpaired) electrons. The Bertz CT molecular complexity index is 1020. The van der Waals surface area contributed by atoms with E-state index in [9.17, 15) is 4.79 Å². The number of para-hydroxylation sites is 2. The van der Waals surface area contributed by atoms with Gasteiger partial charge in [0.15, 0.2) is 0 Å². The number of allylic oxidation sites excluding steroid dienone is 2. The van der Waals surface area contributed by atoms with Gasteiger partial charge in [-0.15, -0.1) is 0 Å². The molecule has 3 fully saturated rings. The zero-order valence-electron chi connectivity index (χ0n) is 17.7. The first-order valence-corrected chi connectivity index (χ1v) is 11.7. The van der Waals surface area contributed by atoms with Crippen LogP contribution in [0.4, 0.5) is 0 Å². The summed E-state index contributed by atoms with van der Waals surface area (Å²) < 4.78 is 2.38. The minimum Gasteiger partial charge on any atom is -0.302 e. The Labute approximate surface area is 173 Å². The van der Waals surface area contributed by atoms with E-state index in [0.29, 0.717) is 17.1 Å². The Morgan fingerprint density at radius 1 is 1.07 bits per heavy atom. The van der Waals surface area contributed by atoms with E-state index < -0.39 is 0 Å². The molecule has 1 aromatic carbocycles. The van der Waals surface area contributed by atoms with Crippen molar-refractivity contribution in [3.8, 4) is 0 Å². The molecule has 4 aliphatic rings. The van der Waals surface area contributed by atoms with Crippen molar-refractivity contribution in [3.05, 3.63) is 36.7 Å². The Kier molecular flexibility index (Phi) is 3.74. The maximum Gasteiger partial charge on any atom is 0.133 e. The maximum absolute atomic E-state index is 12.1. The molecule has 3 heteroatoms. The summed E-state index contributed by atoms with van der Waals surface area (Å²) in [6.07, 6.45) is 13.8. The van der Waals surface area contributed by atoms with Crippen LogP contribution in [0, 0.1) is 34.5 Å². The van der Waals surface area contributed by atoms with Gasteiger partial charge in [0, 0.05) is 24.0 Å². The molecule has 4 aliphatic carbocycles. The zero-order valence-corrected chi connectivity index (χ0v) is 17.7. The molecule has 3 saturated carbocycles. The van der Waals surface area contributed by atoms with Gasteiger partial charge in [0.1, 0.15) is 12.1 Å². The fourth-order valence-corrected chi connectivity index (χ4v) is 8.11. The summed E-state index contributed by atoms with van der Waals surface area (Å²) in [4.78, 5) is 16.8. The summed E-state index contributed by atoms with van der Waals surface area (Å²) >= 11 is 0. The molecular weight excluding hydrogens is 356 g/mol. The number of rotatable bonds is 1. The molecule has 0 spiro atoms. The van der Waals surface area contributed by atoms with Crippen LogP contribution in [0.15, 0.2) is 36.7 Å². The normalized spacial score (nSPS) is 41.6. The van der Waals surface area contributed by atoms with Gasteiger partial charge in [-0.25, -0.2) is 4.98 Å². The average Bonchev–Trinajstić information content (AvgIpc) is 3.29. The summed E-state index contributed by atoms with van der Waals surface area (Å²) in [5.41, 5.74) is 4.46. The Hall–Kier alpha value is -1.90. The van der Waals surface area contributed by atoms with Gasteiger partial charge in [-0.1, -0.05) is 32.1 Å². The quantitative estimate of drug-likeness (QED) is 0.592. The number of carbonyl (C=O) groups is 1. The number of nitrogens with zero attached hydrogens (tertiary/aromatic N) is 2. The van der Waals surface area contributed by atoms with Gasteiger partial charge in [-0.3, -0.25) is 4.79 Å². The van der Waals surface area contributed by atoms with Crippen molar-refractivity contribution < 1.29 is 4.79 Å². The molecule has 6 rings (SSSR count). The second kappa shape index (κ2) is 6.06. The van der Waals surface area contributed by atoms with Gasteiger partial charge in [-0.05, 0) is 79.7 Å². The first kappa shape index (κ1) is 17.9. The van der Waals surface area contributed by atoms with Crippen molar-refractivity contribution in [2.24, 2.45) is 34.5 Å². The lowest BCUT2D eigenvalue weighted by atomic mass is 9.45. The van der Waals surface area contributed by atoms with E-state index in [1.807, 2.05) is 6.33 Å². The molecule has 3 nitrogen and oxygen atoms in total. The van der Waals surface area contributed by atoms with Crippen LogP contribution in [0.3, 0.4) is 0 Å². The zero-order chi connectivity index (χ0) is 19.8. The van der Waals surface area contributed by atoms with Crippen LogP contribution in [0.5, 0.6) is 0 Å². The van der Waals surface area contributed by atoms with E-state index in [2.05, 4.69) is 53.7 Å². The Balaban J connectivity index is 1.34. The van der Waals surface area contributed by atoms with E-state index >= 15 is 0 Å². The number of hydrogen-bond donors (Lipinski definition) is 0. The standard InChI is InChI=1S/C26H32N2O/c1-25-13-11-18(29)15-17(25)7-8-19-20-9-10-24(26(20,2)14-12-21(19)25)28-16-27-22-5-3-4-6-23(22)28/h3-6,10,16-17,19-21H,7-9,11-15H2,1-2H3/t17-,19?,20?,21?,25?,26?/m0/s1. The van der Waals surface area contributed by atoms with Crippen molar-refractivity contribution >= 4 is 22.5 Å². The number of fused-ring (bicyclic) bond motifs is 6. The van der Waals surface area contributed by atoms with Crippen LogP contribution in [0.25, 0.3) is 16.7 Å². The largest absolute Gasteiger partial charge is 0.302 e. The number of hydrogen-bond acceptors (Lipinski definition) is 2. The molecule has 2 aromatic rings. The number of carbonyl (C=O) groups excluding carboxylic acids is 1. The molecular formula is C26H32N2O. The van der Waals surface area contributed by atoms with Crippen molar-refractivity contribution in [3.63, 3.8) is 0 Å². The van der Waals surface area contributed by atoms with Crippen molar-refractivity contribution in [2.45, 2.75) is 65.2 Å². The maximum atomic E-state index is 12.1. The molecule has 0 bridgehead atoms. The summed E-state index contributed by atoms with van der Waals surface area (Å²) in [5.74, 6) is 3.52. The van der Waals surface area contributed by atoms with E-state index in [0.717, 1.165) is 42.5 Å². The highest BCUT2D eigenvalue weighted by molar-refractivity contribution is 5.80. The predicted molar refractivity (Wildman–Crippen MR) is 116 cm³/mol. The lowest BCUT2D eigenvalue weighted by molar-refractivity contribution is -0.136. The highest BCUT2D eigenvalue weighted by atomic mass is 16.1. The number of aromatic nitrogens is 2. The van der Waals surface area contributed by atoms with E-state index in [4.69, 9.17) is 0 Å². The van der Waals surface area contributed by atoms with Crippen molar-refractivity contribution in [2.75, 3.05) is 0 Å². The predicted octanol–water partition coefficient (Wildman–Crippen LogP) is 6.10. The van der Waals surface area contributed by atoms with Crippen LogP contribution in [-0.4, -0.2) is 15.3 Å². The molecule has 0 amide bonds. The minimum atomic E-state index is 0.248. The van der Waals surface area contributed by atoms with Crippen LogP contribution >= 0.6 is 0 Å². The summed E-state index contributed by atoms with van der Waals surface area (Å²) in [7, 11) is 0. The third-order valence-corrected chi connectivity index (χ3v) is 9.73. The van der Waals surface area contributed by atoms with Crippen LogP contribution in [0.1, 0.15) is 65.2 Å². The fourth-order valence-electron chi connectivity index (χ4n) is 8.11. The fraction of sp³-hybridized carbons (Fsp3) is 0.615. The monoisotopic (exact) mass is 388 g/mol. The van der Waals surface area contributed by atoms with Crippen LogP contribution in [-0.2, 0) is 4.79 Å². The summed E-state index contributed by atoms with van der Waals surface area (Å²) in [6, 6.07) is 8.52. The smallest absolute Gasteiger partial charge is 0.133 e. The van der Waals surface area contributed by atoms with E-state index in [1.54, 1.807) is 0 Å². The highest BCUT2D eigenvalue weighted by Crippen LogP contribution is 2.66. The van der Waals surface area contributed by atoms with Crippen molar-refractivity contribution in [1.29, 1.82) is 0 Å². The molecule has 0 aliphatic heterocycles. The SMILES string of the molecule is CC12CCC3C(CC[C@H]4CC(=O)CCC34C)C1CC=C2n1cnc2ccccc21. The van der Waals surface area contributed by atoms with E-state index in [-0.39, 0.29) is 5.41 Å². The summed E-state index contributed by atoms with van der Waals surface area (Å²) in [6.45, 7) is 5.07. The summed E-state index contributed by atoms with van der Waals surface area (Å²) in [5, 5.41) is 0. The molecule has 0 N–H and O–H groups in total. The lowest BCUT2D eigenvalue weighted by Crippen LogP contribution is -2.53. The van der Waals surface area contributed by atoms with Gasteiger partial charge in [0.05, 0.1) is 11.0 Å². The number of ketones is 1. The molecule has 1 heterocycles. The number of imidazole rings is 1. The molecule has 0 saturated heterocycles. The van der Waals surface area contributed by atoms with Crippen molar-refractivity contribution in [1.82, 2.24) is 9.55 Å². The lowest BCUT2D eigenvalue weighted by Gasteiger charge is -2.60. The molecule has 152 valence electrons. The molecule has 5 unspecified atom stereocenters. The minimum absolute atomic E-state index is 0.248. The Morgan fingerprint density at radius 3 is 2.83 bits per heavy atom. The average molecular weight is 389 g/mol. The molecule has 1 aromatic heterocycles. The Morgan fingerprint density at radius 2 is 1.93 bits per heavy atom. The van der Waals surface area contributed by atoms with Gasteiger partial charge in [-0.2, -0.15) is 0 Å². The highest BCUT2D eigenvalue weighted by Gasteiger charge is 2.58. The number of benzene rings is 1. The van der Waals surface area contributed by atoms with E-state index in [1.165, 1.54) is 43.3 Å². The van der Waals surface area contributed by atoms with Gasteiger partial charge in [0.25, 0.3) is 0 Å². The molecule has 6 atom stereocenters. The molecule has 29 heavy (non-hydrogen) atoms. The van der Waals surface area contributed by atoms with Gasteiger partial charge in [0.2, 0.25) is 0 Å². The second-order valence-electron chi connectivity index (χ2n) is 10.8. The first-order chi connectivity index (χ1) is 14.0.